The van der Waals surface area contributed by atoms with Crippen LogP contribution in [0.3, 0.4) is 0 Å². The van der Waals surface area contributed by atoms with Crippen LogP contribution in [-0.4, -0.2) is 6.29 Å². The minimum absolute atomic E-state index is 0.0221. The molecule has 0 bridgehead atoms. The second-order valence-corrected chi connectivity index (χ2v) is 3.17. The lowest BCUT2D eigenvalue weighted by Crippen LogP contribution is -1.95. The summed E-state index contributed by atoms with van der Waals surface area (Å²) in [6, 6.07) is 9.88. The van der Waals surface area contributed by atoms with Crippen molar-refractivity contribution in [1.29, 1.82) is 0 Å². The second-order valence-electron chi connectivity index (χ2n) is 3.17. The molecule has 0 aliphatic heterocycles. The van der Waals surface area contributed by atoms with Crippen LogP contribution < -0.4 is 0 Å². The molecule has 2 heteroatoms. The fraction of sp³-hybridized carbons (Fsp3) is 0.250. The predicted octanol–water partition coefficient (Wildman–Crippen LogP) is 2.87. The molecule has 1 atom stereocenters. The van der Waals surface area contributed by atoms with Gasteiger partial charge in [0.25, 0.3) is 0 Å². The number of carbonyl (C=O) groups excluding carboxylic acids is 1. The molecule has 0 N–H and O–H groups in total. The van der Waals surface area contributed by atoms with Crippen molar-refractivity contribution in [3.8, 4) is 0 Å². The maximum Gasteiger partial charge on any atom is 0.148 e. The molecular weight excluding hydrogens is 176 g/mol. The number of benzene rings is 1. The van der Waals surface area contributed by atoms with Crippen LogP contribution in [-0.2, 0) is 9.53 Å². The van der Waals surface area contributed by atoms with Crippen molar-refractivity contribution in [3.63, 3.8) is 0 Å². The number of carbonyl (C=O) groups is 1. The monoisotopic (exact) mass is 190 g/mol. The summed E-state index contributed by atoms with van der Waals surface area (Å²) in [5.41, 5.74) is 1.69. The van der Waals surface area contributed by atoms with Crippen molar-refractivity contribution in [2.45, 2.75) is 20.0 Å². The lowest BCUT2D eigenvalue weighted by atomic mass is 10.1. The van der Waals surface area contributed by atoms with Gasteiger partial charge in [-0.25, -0.2) is 0 Å². The molecule has 0 fully saturated rings. The van der Waals surface area contributed by atoms with Crippen molar-refractivity contribution in [3.05, 3.63) is 47.7 Å². The highest BCUT2D eigenvalue weighted by Gasteiger charge is 2.02. The Hall–Kier alpha value is -1.57. The van der Waals surface area contributed by atoms with Gasteiger partial charge in [0, 0.05) is 5.57 Å². The molecule has 1 aromatic carbocycles. The van der Waals surface area contributed by atoms with Crippen molar-refractivity contribution in [2.75, 3.05) is 0 Å². The van der Waals surface area contributed by atoms with Gasteiger partial charge in [-0.15, -0.1) is 0 Å². The predicted molar refractivity (Wildman–Crippen MR) is 55.8 cm³/mol. The van der Waals surface area contributed by atoms with Gasteiger partial charge in [-0.05, 0) is 19.4 Å². The first-order chi connectivity index (χ1) is 6.74. The molecule has 0 amide bonds. The van der Waals surface area contributed by atoms with Crippen LogP contribution in [0.1, 0.15) is 25.5 Å². The Labute approximate surface area is 84.2 Å². The van der Waals surface area contributed by atoms with Crippen molar-refractivity contribution in [1.82, 2.24) is 0 Å². The second kappa shape index (κ2) is 5.22. The molecular formula is C12H14O2. The first-order valence-corrected chi connectivity index (χ1v) is 4.56. The van der Waals surface area contributed by atoms with Gasteiger partial charge in [0.1, 0.15) is 12.4 Å². The standard InChI is InChI=1S/C12H14O2/c1-10(8-13)9-14-11(2)12-6-4-3-5-7-12/h3-9,11H,1-2H3/b10-9+. The van der Waals surface area contributed by atoms with Crippen LogP contribution in [0.4, 0.5) is 0 Å². The van der Waals surface area contributed by atoms with Crippen LogP contribution in [0.2, 0.25) is 0 Å². The van der Waals surface area contributed by atoms with Crippen LogP contribution >= 0.6 is 0 Å². The van der Waals surface area contributed by atoms with Gasteiger partial charge in [-0.3, -0.25) is 4.79 Å². The molecule has 2 nitrogen and oxygen atoms in total. The molecule has 0 spiro atoms. The summed E-state index contributed by atoms with van der Waals surface area (Å²) in [6.45, 7) is 3.66. The summed E-state index contributed by atoms with van der Waals surface area (Å²) >= 11 is 0. The van der Waals surface area contributed by atoms with E-state index in [0.29, 0.717) is 5.57 Å². The maximum atomic E-state index is 10.3. The molecule has 1 aromatic rings. The topological polar surface area (TPSA) is 26.3 Å². The van der Waals surface area contributed by atoms with E-state index in [2.05, 4.69) is 0 Å². The Morgan fingerprint density at radius 2 is 2.00 bits per heavy atom. The van der Waals surface area contributed by atoms with Crippen molar-refractivity contribution < 1.29 is 9.53 Å². The van der Waals surface area contributed by atoms with Crippen molar-refractivity contribution >= 4 is 6.29 Å². The Kier molecular flexibility index (Phi) is 3.92. The molecule has 74 valence electrons. The number of aldehydes is 1. The number of allylic oxidation sites excluding steroid dienone is 1. The number of rotatable bonds is 4. The van der Waals surface area contributed by atoms with Crippen LogP contribution in [0.15, 0.2) is 42.2 Å². The van der Waals surface area contributed by atoms with Crippen LogP contribution in [0.25, 0.3) is 0 Å². The fourth-order valence-electron chi connectivity index (χ4n) is 1.04. The van der Waals surface area contributed by atoms with Gasteiger partial charge in [0.15, 0.2) is 0 Å². The number of hydrogen-bond acceptors (Lipinski definition) is 2. The summed E-state index contributed by atoms with van der Waals surface area (Å²) in [6.07, 6.45) is 2.24. The zero-order valence-electron chi connectivity index (χ0n) is 8.44. The van der Waals surface area contributed by atoms with Gasteiger partial charge >= 0.3 is 0 Å². The number of hydrogen-bond donors (Lipinski definition) is 0. The van der Waals surface area contributed by atoms with Gasteiger partial charge in [-0.1, -0.05) is 30.3 Å². The molecule has 14 heavy (non-hydrogen) atoms. The Balaban J connectivity index is 2.59. The minimum atomic E-state index is -0.0221. The third-order valence-corrected chi connectivity index (χ3v) is 1.91. The largest absolute Gasteiger partial charge is 0.493 e. The molecule has 0 aromatic heterocycles. The van der Waals surface area contributed by atoms with E-state index in [-0.39, 0.29) is 6.10 Å². The molecule has 0 aliphatic carbocycles. The molecule has 1 unspecified atom stereocenters. The Morgan fingerprint density at radius 3 is 2.57 bits per heavy atom. The fourth-order valence-corrected chi connectivity index (χ4v) is 1.04. The van der Waals surface area contributed by atoms with E-state index in [1.165, 1.54) is 6.26 Å². The van der Waals surface area contributed by atoms with E-state index in [1.54, 1.807) is 6.92 Å². The lowest BCUT2D eigenvalue weighted by molar-refractivity contribution is -0.105. The van der Waals surface area contributed by atoms with E-state index >= 15 is 0 Å². The normalized spacial score (nSPS) is 13.4. The van der Waals surface area contributed by atoms with E-state index in [9.17, 15) is 4.79 Å². The maximum absolute atomic E-state index is 10.3. The molecule has 0 aliphatic rings. The highest BCUT2D eigenvalue weighted by Crippen LogP contribution is 2.16. The van der Waals surface area contributed by atoms with Gasteiger partial charge in [-0.2, -0.15) is 0 Å². The highest BCUT2D eigenvalue weighted by atomic mass is 16.5. The highest BCUT2D eigenvalue weighted by molar-refractivity contribution is 5.71. The SMILES string of the molecule is C/C(C=O)=C\OC(C)c1ccccc1. The summed E-state index contributed by atoms with van der Waals surface area (Å²) in [5.74, 6) is 0. The van der Waals surface area contributed by atoms with E-state index in [1.807, 2.05) is 37.3 Å². The third-order valence-electron chi connectivity index (χ3n) is 1.91. The Morgan fingerprint density at radius 1 is 1.36 bits per heavy atom. The van der Waals surface area contributed by atoms with Gasteiger partial charge < -0.3 is 4.74 Å². The molecule has 0 radical (unpaired) electrons. The minimum Gasteiger partial charge on any atom is -0.493 e. The Bertz CT molecular complexity index is 314. The van der Waals surface area contributed by atoms with Crippen LogP contribution in [0.5, 0.6) is 0 Å². The molecule has 0 heterocycles. The van der Waals surface area contributed by atoms with E-state index in [0.717, 1.165) is 11.8 Å². The summed E-state index contributed by atoms with van der Waals surface area (Å²) < 4.78 is 5.39. The van der Waals surface area contributed by atoms with Gasteiger partial charge in [0.05, 0.1) is 6.26 Å². The molecule has 0 saturated carbocycles. The average Bonchev–Trinajstić information content (AvgIpc) is 2.26. The van der Waals surface area contributed by atoms with Crippen LogP contribution in [0, 0.1) is 0 Å². The number of ether oxygens (including phenoxy) is 1. The zero-order valence-corrected chi connectivity index (χ0v) is 8.44. The van der Waals surface area contributed by atoms with Crippen molar-refractivity contribution in [2.24, 2.45) is 0 Å². The zero-order chi connectivity index (χ0) is 10.4. The summed E-state index contributed by atoms with van der Waals surface area (Å²) in [4.78, 5) is 10.3. The molecule has 0 saturated heterocycles. The molecule has 1 rings (SSSR count). The lowest BCUT2D eigenvalue weighted by Gasteiger charge is -2.11. The average molecular weight is 190 g/mol. The van der Waals surface area contributed by atoms with Gasteiger partial charge in [0.2, 0.25) is 0 Å². The smallest absolute Gasteiger partial charge is 0.148 e. The first-order valence-electron chi connectivity index (χ1n) is 4.56. The summed E-state index contributed by atoms with van der Waals surface area (Å²) in [5, 5.41) is 0. The first kappa shape index (κ1) is 10.5. The van der Waals surface area contributed by atoms with E-state index < -0.39 is 0 Å². The van der Waals surface area contributed by atoms with E-state index in [4.69, 9.17) is 4.74 Å². The summed E-state index contributed by atoms with van der Waals surface area (Å²) in [7, 11) is 0. The third kappa shape index (κ3) is 3.05. The quantitative estimate of drug-likeness (QED) is 0.414.